The number of fused-ring (bicyclic) bond motifs is 6. The lowest BCUT2D eigenvalue weighted by atomic mass is 9.45. The number of rotatable bonds is 8. The summed E-state index contributed by atoms with van der Waals surface area (Å²) in [6.45, 7) is 11.5. The largest absolute Gasteiger partial charge is 0.423 e. The van der Waals surface area contributed by atoms with E-state index in [1.54, 1.807) is 6.07 Å². The van der Waals surface area contributed by atoms with Crippen LogP contribution < -0.4 is 15.8 Å². The predicted molar refractivity (Wildman–Crippen MR) is 175 cm³/mol. The Kier molecular flexibility index (Phi) is 8.43. The first kappa shape index (κ1) is 30.4. The van der Waals surface area contributed by atoms with Gasteiger partial charge in [0.2, 0.25) is 0 Å². The smallest absolute Gasteiger partial charge is 0.336 e. The standard InChI is InChI=1S/C37H53N3O4/c1-36-13-10-28(41)23-26(36)4-6-30-31-8-9-34(37(31,2)14-11-32(30)36)43-21-16-38-15-12-25-22-35(42)44-33-24-27(5-7-29(25)33)40-19-17-39(3)18-20-40/h5,7,22,24,26,30-32,34,38H,4,6,8-21,23H2,1-3H3. The van der Waals surface area contributed by atoms with Crippen LogP contribution in [-0.2, 0) is 16.0 Å². The van der Waals surface area contributed by atoms with Gasteiger partial charge < -0.3 is 24.3 Å². The molecule has 0 spiro atoms. The van der Waals surface area contributed by atoms with Gasteiger partial charge in [-0.3, -0.25) is 4.79 Å². The molecule has 0 radical (unpaired) electrons. The maximum atomic E-state index is 12.4. The van der Waals surface area contributed by atoms with Crippen LogP contribution in [0.25, 0.3) is 11.0 Å². The number of hydrogen-bond donors (Lipinski definition) is 1. The monoisotopic (exact) mass is 603 g/mol. The Morgan fingerprint density at radius 1 is 0.932 bits per heavy atom. The lowest BCUT2D eigenvalue weighted by Gasteiger charge is -2.60. The second-order valence-corrected chi connectivity index (χ2v) is 15.4. The number of ketones is 1. The predicted octanol–water partition coefficient (Wildman–Crippen LogP) is 5.67. The summed E-state index contributed by atoms with van der Waals surface area (Å²) in [6, 6.07) is 7.99. The molecule has 7 unspecified atom stereocenters. The third kappa shape index (κ3) is 5.55. The normalized spacial score (nSPS) is 35.8. The van der Waals surface area contributed by atoms with E-state index in [4.69, 9.17) is 9.15 Å². The lowest BCUT2D eigenvalue weighted by molar-refractivity contribution is -0.145. The van der Waals surface area contributed by atoms with Crippen LogP contribution in [0.3, 0.4) is 0 Å². The average Bonchev–Trinajstić information content (AvgIpc) is 3.35. The molecule has 44 heavy (non-hydrogen) atoms. The summed E-state index contributed by atoms with van der Waals surface area (Å²) in [5.74, 6) is 3.50. The zero-order valence-electron chi connectivity index (χ0n) is 27.2. The molecule has 1 aromatic heterocycles. The van der Waals surface area contributed by atoms with Crippen molar-refractivity contribution >= 4 is 22.4 Å². The zero-order valence-corrected chi connectivity index (χ0v) is 27.2. The van der Waals surface area contributed by atoms with Crippen molar-refractivity contribution in [2.75, 3.05) is 57.8 Å². The first-order valence-electron chi connectivity index (χ1n) is 17.6. The summed E-state index contributed by atoms with van der Waals surface area (Å²) in [4.78, 5) is 29.4. The van der Waals surface area contributed by atoms with Crippen LogP contribution in [0.5, 0.6) is 0 Å². The highest BCUT2D eigenvalue weighted by Crippen LogP contribution is 2.66. The Morgan fingerprint density at radius 2 is 1.75 bits per heavy atom. The van der Waals surface area contributed by atoms with Gasteiger partial charge in [0.05, 0.1) is 12.7 Å². The Morgan fingerprint density at radius 3 is 2.59 bits per heavy atom. The van der Waals surface area contributed by atoms with E-state index in [0.717, 1.165) is 106 Å². The van der Waals surface area contributed by atoms with Crippen LogP contribution in [0.15, 0.2) is 33.5 Å². The van der Waals surface area contributed by atoms with Crippen LogP contribution in [0.4, 0.5) is 5.69 Å². The number of Topliss-reactive ketones (excluding diaryl/α,β-unsaturated/α-hetero) is 1. The molecule has 0 bridgehead atoms. The summed E-state index contributed by atoms with van der Waals surface area (Å²) in [6.07, 6.45) is 11.5. The number of nitrogens with zero attached hydrogens (tertiary/aromatic N) is 2. The average molecular weight is 604 g/mol. The first-order chi connectivity index (χ1) is 21.2. The zero-order chi connectivity index (χ0) is 30.5. The van der Waals surface area contributed by atoms with Crippen molar-refractivity contribution in [3.63, 3.8) is 0 Å². The van der Waals surface area contributed by atoms with Gasteiger partial charge in [-0.1, -0.05) is 13.8 Å². The van der Waals surface area contributed by atoms with Crippen LogP contribution >= 0.6 is 0 Å². The maximum Gasteiger partial charge on any atom is 0.336 e. The second kappa shape index (κ2) is 12.2. The molecule has 240 valence electrons. The topological polar surface area (TPSA) is 75.0 Å². The van der Waals surface area contributed by atoms with E-state index in [1.807, 2.05) is 6.07 Å². The number of nitrogens with one attached hydrogen (secondary N) is 1. The van der Waals surface area contributed by atoms with Gasteiger partial charge in [0.15, 0.2) is 0 Å². The van der Waals surface area contributed by atoms with Crippen molar-refractivity contribution in [1.29, 1.82) is 0 Å². The van der Waals surface area contributed by atoms with Crippen molar-refractivity contribution < 1.29 is 13.9 Å². The Bertz CT molecular complexity index is 1420. The van der Waals surface area contributed by atoms with Crippen molar-refractivity contribution in [1.82, 2.24) is 10.2 Å². The van der Waals surface area contributed by atoms with E-state index in [-0.39, 0.29) is 11.0 Å². The van der Waals surface area contributed by atoms with E-state index in [2.05, 4.69) is 48.1 Å². The molecular weight excluding hydrogens is 550 g/mol. The molecule has 7 heteroatoms. The molecule has 1 aromatic carbocycles. The fourth-order valence-electron chi connectivity index (χ4n) is 10.6. The fourth-order valence-corrected chi connectivity index (χ4v) is 10.6. The number of likely N-dealkylation sites (N-methyl/N-ethyl adjacent to an activating group) is 1. The highest BCUT2D eigenvalue weighted by Gasteiger charge is 2.60. The molecule has 5 aliphatic rings. The molecule has 2 aromatic rings. The second-order valence-electron chi connectivity index (χ2n) is 15.4. The quantitative estimate of drug-likeness (QED) is 0.308. The van der Waals surface area contributed by atoms with Gasteiger partial charge in [-0.2, -0.15) is 0 Å². The van der Waals surface area contributed by atoms with E-state index < -0.39 is 0 Å². The molecule has 1 N–H and O–H groups in total. The van der Waals surface area contributed by atoms with Gasteiger partial charge in [0.25, 0.3) is 0 Å². The molecule has 2 heterocycles. The third-order valence-corrected chi connectivity index (χ3v) is 13.2. The number of benzene rings is 1. The first-order valence-corrected chi connectivity index (χ1v) is 17.6. The van der Waals surface area contributed by atoms with Gasteiger partial charge in [0.1, 0.15) is 11.4 Å². The summed E-state index contributed by atoms with van der Waals surface area (Å²) < 4.78 is 12.3. The van der Waals surface area contributed by atoms with E-state index in [9.17, 15) is 9.59 Å². The minimum atomic E-state index is -0.274. The number of carbonyl (C=O) groups is 1. The number of piperazine rings is 1. The Balaban J connectivity index is 0.904. The van der Waals surface area contributed by atoms with E-state index in [0.29, 0.717) is 28.8 Å². The maximum absolute atomic E-state index is 12.4. The van der Waals surface area contributed by atoms with Crippen molar-refractivity contribution in [2.24, 2.45) is 34.5 Å². The van der Waals surface area contributed by atoms with Crippen LogP contribution in [-0.4, -0.2) is 69.7 Å². The number of anilines is 1. The number of ether oxygens (including phenoxy) is 1. The highest BCUT2D eigenvalue weighted by molar-refractivity contribution is 5.83. The van der Waals surface area contributed by atoms with Crippen molar-refractivity contribution in [3.05, 3.63) is 40.2 Å². The van der Waals surface area contributed by atoms with Crippen LogP contribution in [0.1, 0.15) is 77.2 Å². The molecule has 4 aliphatic carbocycles. The molecule has 7 nitrogen and oxygen atoms in total. The number of hydrogen-bond acceptors (Lipinski definition) is 7. The summed E-state index contributed by atoms with van der Waals surface area (Å²) >= 11 is 0. The van der Waals surface area contributed by atoms with Crippen molar-refractivity contribution in [2.45, 2.75) is 84.2 Å². The van der Waals surface area contributed by atoms with E-state index >= 15 is 0 Å². The van der Waals surface area contributed by atoms with Gasteiger partial charge in [-0.05, 0) is 117 Å². The SMILES string of the molecule is CN1CCN(c2ccc3c(CCNCCOC4CCC5C6CCC7CC(=O)CCC7(C)C6CCC45C)cc(=O)oc3c2)CC1. The van der Waals surface area contributed by atoms with E-state index in [1.165, 1.54) is 38.5 Å². The number of carbonyl (C=O) groups excluding carboxylic acids is 1. The highest BCUT2D eigenvalue weighted by atomic mass is 16.5. The third-order valence-electron chi connectivity index (χ3n) is 13.2. The summed E-state index contributed by atoms with van der Waals surface area (Å²) in [5.41, 5.74) is 3.25. The van der Waals surface area contributed by atoms with Gasteiger partial charge in [0, 0.05) is 68.8 Å². The summed E-state index contributed by atoms with van der Waals surface area (Å²) in [5, 5.41) is 4.61. The molecule has 7 rings (SSSR count). The minimum absolute atomic E-state index is 0.274. The van der Waals surface area contributed by atoms with Crippen molar-refractivity contribution in [3.8, 4) is 0 Å². The van der Waals surface area contributed by atoms with Crippen LogP contribution in [0.2, 0.25) is 0 Å². The molecule has 1 saturated heterocycles. The Hall–Kier alpha value is -2.22. The minimum Gasteiger partial charge on any atom is -0.423 e. The summed E-state index contributed by atoms with van der Waals surface area (Å²) in [7, 11) is 2.16. The molecule has 0 amide bonds. The molecule has 7 atom stereocenters. The van der Waals surface area contributed by atoms with Crippen LogP contribution in [0, 0.1) is 34.5 Å². The molecular formula is C37H53N3O4. The Labute approximate surface area is 263 Å². The fraction of sp³-hybridized carbons (Fsp3) is 0.730. The molecule has 1 aliphatic heterocycles. The lowest BCUT2D eigenvalue weighted by Crippen LogP contribution is -2.54. The molecule has 4 saturated carbocycles. The molecule has 5 fully saturated rings. The van der Waals surface area contributed by atoms with Gasteiger partial charge in [-0.15, -0.1) is 0 Å². The van der Waals surface area contributed by atoms with Gasteiger partial charge in [-0.25, -0.2) is 4.79 Å². The van der Waals surface area contributed by atoms with Gasteiger partial charge >= 0.3 is 5.63 Å².